The molecule has 3 N–H and O–H groups in total. The molecule has 1 aliphatic heterocycles. The molecule has 1 atom stereocenters. The van der Waals surface area contributed by atoms with Crippen molar-refractivity contribution in [1.82, 2.24) is 15.8 Å². The second-order valence-electron chi connectivity index (χ2n) is 4.75. The quantitative estimate of drug-likeness (QED) is 0.629. The summed E-state index contributed by atoms with van der Waals surface area (Å²) < 4.78 is 5.24. The summed E-state index contributed by atoms with van der Waals surface area (Å²) in [4.78, 5) is 25.4. The number of aliphatic hydroxyl groups excluding tert-OH is 1. The van der Waals surface area contributed by atoms with Crippen LogP contribution in [-0.4, -0.2) is 60.8 Å². The lowest BCUT2D eigenvalue weighted by atomic mass is 10.2. The van der Waals surface area contributed by atoms with Gasteiger partial charge >= 0.3 is 0 Å². The SMILES string of the molecule is O=C(CN1CCOCC1CO)NNC(=O)c1ccccc1. The first-order valence-electron chi connectivity index (χ1n) is 6.77. The van der Waals surface area contributed by atoms with Crippen LogP contribution in [0.3, 0.4) is 0 Å². The van der Waals surface area contributed by atoms with E-state index in [1.165, 1.54) is 0 Å². The first kappa shape index (κ1) is 15.4. The number of morpholine rings is 1. The van der Waals surface area contributed by atoms with Crippen LogP contribution >= 0.6 is 0 Å². The Hall–Kier alpha value is -1.96. The highest BCUT2D eigenvalue weighted by Crippen LogP contribution is 2.05. The predicted molar refractivity (Wildman–Crippen MR) is 75.3 cm³/mol. The van der Waals surface area contributed by atoms with Gasteiger partial charge in [-0.15, -0.1) is 0 Å². The summed E-state index contributed by atoms with van der Waals surface area (Å²) >= 11 is 0. The fourth-order valence-electron chi connectivity index (χ4n) is 2.08. The molecule has 114 valence electrons. The molecule has 0 radical (unpaired) electrons. The number of nitrogens with one attached hydrogen (secondary N) is 2. The van der Waals surface area contributed by atoms with Gasteiger partial charge in [-0.3, -0.25) is 25.3 Å². The average Bonchev–Trinajstić information content (AvgIpc) is 2.54. The van der Waals surface area contributed by atoms with Gasteiger partial charge in [0.25, 0.3) is 11.8 Å². The number of nitrogens with zero attached hydrogens (tertiary/aromatic N) is 1. The van der Waals surface area contributed by atoms with Gasteiger partial charge in [0, 0.05) is 12.1 Å². The average molecular weight is 293 g/mol. The van der Waals surface area contributed by atoms with Crippen molar-refractivity contribution in [1.29, 1.82) is 0 Å². The van der Waals surface area contributed by atoms with E-state index >= 15 is 0 Å². The molecule has 0 aliphatic carbocycles. The normalized spacial score (nSPS) is 19.0. The number of benzene rings is 1. The number of rotatable bonds is 4. The van der Waals surface area contributed by atoms with E-state index < -0.39 is 0 Å². The number of hydrogen-bond acceptors (Lipinski definition) is 5. The smallest absolute Gasteiger partial charge is 0.269 e. The van der Waals surface area contributed by atoms with Crippen molar-refractivity contribution in [3.8, 4) is 0 Å². The maximum Gasteiger partial charge on any atom is 0.269 e. The molecular weight excluding hydrogens is 274 g/mol. The minimum absolute atomic E-state index is 0.0658. The molecule has 1 aromatic rings. The third kappa shape index (κ3) is 4.52. The van der Waals surface area contributed by atoms with E-state index in [4.69, 9.17) is 4.74 Å². The monoisotopic (exact) mass is 293 g/mol. The molecule has 21 heavy (non-hydrogen) atoms. The standard InChI is InChI=1S/C14H19N3O4/c18-9-12-10-21-7-6-17(12)8-13(19)15-16-14(20)11-4-2-1-3-5-11/h1-5,12,18H,6-10H2,(H,15,19)(H,16,20). The number of carbonyl (C=O) groups excluding carboxylic acids is 2. The van der Waals surface area contributed by atoms with Crippen LogP contribution in [0.25, 0.3) is 0 Å². The number of aliphatic hydroxyl groups is 1. The maximum absolute atomic E-state index is 11.8. The van der Waals surface area contributed by atoms with Crippen LogP contribution in [0.5, 0.6) is 0 Å². The van der Waals surface area contributed by atoms with E-state index in [1.807, 2.05) is 11.0 Å². The summed E-state index contributed by atoms with van der Waals surface area (Å²) in [5, 5.41) is 9.22. The Morgan fingerprint density at radius 2 is 2.05 bits per heavy atom. The lowest BCUT2D eigenvalue weighted by Crippen LogP contribution is -2.53. The minimum Gasteiger partial charge on any atom is -0.395 e. The van der Waals surface area contributed by atoms with Crippen molar-refractivity contribution in [3.05, 3.63) is 35.9 Å². The van der Waals surface area contributed by atoms with Crippen molar-refractivity contribution < 1.29 is 19.4 Å². The predicted octanol–water partition coefficient (Wildman–Crippen LogP) is -0.859. The highest BCUT2D eigenvalue weighted by atomic mass is 16.5. The third-order valence-corrected chi connectivity index (χ3v) is 3.26. The first-order chi connectivity index (χ1) is 10.2. The Morgan fingerprint density at radius 1 is 1.29 bits per heavy atom. The maximum atomic E-state index is 11.8. The van der Waals surface area contributed by atoms with Gasteiger partial charge in [-0.1, -0.05) is 18.2 Å². The Bertz CT molecular complexity index is 480. The number of ether oxygens (including phenoxy) is 1. The molecule has 0 spiro atoms. The van der Waals surface area contributed by atoms with Crippen molar-refractivity contribution >= 4 is 11.8 Å². The highest BCUT2D eigenvalue weighted by Gasteiger charge is 2.24. The molecule has 1 fully saturated rings. The third-order valence-electron chi connectivity index (χ3n) is 3.26. The largest absolute Gasteiger partial charge is 0.395 e. The molecular formula is C14H19N3O4. The van der Waals surface area contributed by atoms with Crippen molar-refractivity contribution in [2.75, 3.05) is 32.9 Å². The van der Waals surface area contributed by atoms with Gasteiger partial charge in [0.2, 0.25) is 0 Å². The van der Waals surface area contributed by atoms with E-state index in [2.05, 4.69) is 10.9 Å². The molecule has 2 rings (SSSR count). The molecule has 7 nitrogen and oxygen atoms in total. The van der Waals surface area contributed by atoms with Crippen LogP contribution < -0.4 is 10.9 Å². The van der Waals surface area contributed by atoms with Gasteiger partial charge < -0.3 is 9.84 Å². The summed E-state index contributed by atoms with van der Waals surface area (Å²) in [5.41, 5.74) is 5.20. The summed E-state index contributed by atoms with van der Waals surface area (Å²) in [5.74, 6) is -0.704. The van der Waals surface area contributed by atoms with Crippen LogP contribution in [0.15, 0.2) is 30.3 Å². The summed E-state index contributed by atoms with van der Waals surface area (Å²) in [6.07, 6.45) is 0. The summed E-state index contributed by atoms with van der Waals surface area (Å²) in [7, 11) is 0. The molecule has 1 aromatic carbocycles. The van der Waals surface area contributed by atoms with Gasteiger partial charge in [-0.25, -0.2) is 0 Å². The Balaban J connectivity index is 1.78. The van der Waals surface area contributed by atoms with Gasteiger partial charge in [-0.2, -0.15) is 0 Å². The molecule has 0 aromatic heterocycles. The fraction of sp³-hybridized carbons (Fsp3) is 0.429. The van der Waals surface area contributed by atoms with E-state index in [-0.39, 0.29) is 31.0 Å². The highest BCUT2D eigenvalue weighted by molar-refractivity contribution is 5.95. The molecule has 1 saturated heterocycles. The van der Waals surface area contributed by atoms with Crippen LogP contribution in [-0.2, 0) is 9.53 Å². The zero-order valence-corrected chi connectivity index (χ0v) is 11.6. The van der Waals surface area contributed by atoms with Crippen molar-refractivity contribution in [2.45, 2.75) is 6.04 Å². The van der Waals surface area contributed by atoms with Gasteiger partial charge in [0.15, 0.2) is 0 Å². The summed E-state index contributed by atoms with van der Waals surface area (Å²) in [6.45, 7) is 1.54. The first-order valence-corrected chi connectivity index (χ1v) is 6.77. The Morgan fingerprint density at radius 3 is 2.76 bits per heavy atom. The number of carbonyl (C=O) groups is 2. The van der Waals surface area contributed by atoms with Crippen molar-refractivity contribution in [3.63, 3.8) is 0 Å². The number of hydrazine groups is 1. The topological polar surface area (TPSA) is 90.9 Å². The molecule has 0 bridgehead atoms. The van der Waals surface area contributed by atoms with E-state index in [0.717, 1.165) is 0 Å². The number of hydrogen-bond donors (Lipinski definition) is 3. The molecule has 0 saturated carbocycles. The van der Waals surface area contributed by atoms with Gasteiger partial charge in [0.05, 0.1) is 32.4 Å². The van der Waals surface area contributed by atoms with Gasteiger partial charge in [-0.05, 0) is 12.1 Å². The van der Waals surface area contributed by atoms with Crippen molar-refractivity contribution in [2.24, 2.45) is 0 Å². The van der Waals surface area contributed by atoms with Crippen LogP contribution in [0, 0.1) is 0 Å². The van der Waals surface area contributed by atoms with E-state index in [1.54, 1.807) is 24.3 Å². The number of amides is 2. The van der Waals surface area contributed by atoms with E-state index in [9.17, 15) is 14.7 Å². The fourth-order valence-corrected chi connectivity index (χ4v) is 2.08. The molecule has 2 amide bonds. The minimum atomic E-state index is -0.371. The zero-order valence-electron chi connectivity index (χ0n) is 11.6. The molecule has 7 heteroatoms. The van der Waals surface area contributed by atoms with Crippen LogP contribution in [0.4, 0.5) is 0 Å². The molecule has 1 heterocycles. The second-order valence-corrected chi connectivity index (χ2v) is 4.75. The van der Waals surface area contributed by atoms with Crippen LogP contribution in [0.2, 0.25) is 0 Å². The lowest BCUT2D eigenvalue weighted by molar-refractivity contribution is -0.126. The van der Waals surface area contributed by atoms with Crippen LogP contribution in [0.1, 0.15) is 10.4 Å². The lowest BCUT2D eigenvalue weighted by Gasteiger charge is -2.33. The second kappa shape index (κ2) is 7.72. The molecule has 1 unspecified atom stereocenters. The zero-order chi connectivity index (χ0) is 15.1. The van der Waals surface area contributed by atoms with E-state index in [0.29, 0.717) is 25.3 Å². The summed E-state index contributed by atoms with van der Waals surface area (Å²) in [6, 6.07) is 8.43. The Labute approximate surface area is 122 Å². The molecule has 1 aliphatic rings. The Kier molecular flexibility index (Phi) is 5.68. The van der Waals surface area contributed by atoms with Gasteiger partial charge in [0.1, 0.15) is 0 Å².